The van der Waals surface area contributed by atoms with E-state index < -0.39 is 10.0 Å². The molecule has 1 heterocycles. The molecular weight excluding hydrogens is 446 g/mol. The van der Waals surface area contributed by atoms with Crippen LogP contribution in [0.2, 0.25) is 0 Å². The average Bonchev–Trinajstić information content (AvgIpc) is 3.16. The number of nitrogens with zero attached hydrogens (tertiary/aromatic N) is 1. The minimum absolute atomic E-state index is 0.171. The zero-order chi connectivity index (χ0) is 23.3. The van der Waals surface area contributed by atoms with Crippen molar-refractivity contribution >= 4 is 38.2 Å². The average molecular weight is 478 g/mol. The monoisotopic (exact) mass is 477 g/mol. The van der Waals surface area contributed by atoms with Gasteiger partial charge in [0.1, 0.15) is 5.00 Å². The smallest absolute Gasteiger partial charge is 0.256 e. The van der Waals surface area contributed by atoms with Crippen molar-refractivity contribution in [2.75, 3.05) is 25.5 Å². The maximum atomic E-state index is 12.9. The predicted molar refractivity (Wildman–Crippen MR) is 128 cm³/mol. The first-order valence-corrected chi connectivity index (χ1v) is 13.4. The van der Waals surface area contributed by atoms with E-state index in [1.54, 1.807) is 7.05 Å². The Hall–Kier alpha value is -2.23. The topological polar surface area (TPSA) is 95.6 Å². The number of carbonyl (C=O) groups excluding carboxylic acids is 2. The number of hydrogen-bond acceptors (Lipinski definition) is 5. The van der Waals surface area contributed by atoms with E-state index >= 15 is 0 Å². The molecule has 3 rings (SSSR count). The molecule has 1 aliphatic rings. The molecule has 1 aromatic heterocycles. The Morgan fingerprint density at radius 3 is 2.38 bits per heavy atom. The molecule has 0 aliphatic heterocycles. The van der Waals surface area contributed by atoms with Gasteiger partial charge in [0.15, 0.2) is 0 Å². The standard InChI is InChI=1S/C23H31N3O4S2/c1-4-6-15-26(5-2)32(29,30)17-13-11-16(12-14-17)21(27)25-23-20(22(28)24-3)18-9-7-8-10-19(18)31-23/h11-14H,4-10,15H2,1-3H3,(H,24,28)(H,25,27). The van der Waals surface area contributed by atoms with Crippen molar-refractivity contribution in [3.05, 3.63) is 45.8 Å². The highest BCUT2D eigenvalue weighted by Gasteiger charge is 2.26. The van der Waals surface area contributed by atoms with Crippen LogP contribution in [0.25, 0.3) is 0 Å². The fourth-order valence-electron chi connectivity index (χ4n) is 3.90. The van der Waals surface area contributed by atoms with Crippen molar-refractivity contribution in [2.24, 2.45) is 0 Å². The number of anilines is 1. The maximum absolute atomic E-state index is 12.9. The van der Waals surface area contributed by atoms with Gasteiger partial charge in [0, 0.05) is 30.6 Å². The van der Waals surface area contributed by atoms with Crippen LogP contribution in [0.1, 0.15) is 70.7 Å². The summed E-state index contributed by atoms with van der Waals surface area (Å²) in [5.74, 6) is -0.566. The molecule has 2 aromatic rings. The Balaban J connectivity index is 1.81. The van der Waals surface area contributed by atoms with Crippen molar-refractivity contribution in [1.29, 1.82) is 0 Å². The van der Waals surface area contributed by atoms with Gasteiger partial charge in [0.05, 0.1) is 10.5 Å². The molecule has 0 saturated carbocycles. The lowest BCUT2D eigenvalue weighted by molar-refractivity contribution is 0.0963. The van der Waals surface area contributed by atoms with Gasteiger partial charge in [0.2, 0.25) is 10.0 Å². The van der Waals surface area contributed by atoms with E-state index in [-0.39, 0.29) is 16.7 Å². The third-order valence-electron chi connectivity index (χ3n) is 5.72. The largest absolute Gasteiger partial charge is 0.355 e. The van der Waals surface area contributed by atoms with Crippen LogP contribution in [0.5, 0.6) is 0 Å². The summed E-state index contributed by atoms with van der Waals surface area (Å²) in [4.78, 5) is 26.7. The van der Waals surface area contributed by atoms with Gasteiger partial charge >= 0.3 is 0 Å². The quantitative estimate of drug-likeness (QED) is 0.570. The molecule has 9 heteroatoms. The van der Waals surface area contributed by atoms with Crippen molar-refractivity contribution in [2.45, 2.75) is 57.3 Å². The second-order valence-corrected chi connectivity index (χ2v) is 10.9. The van der Waals surface area contributed by atoms with Crippen molar-refractivity contribution in [3.8, 4) is 0 Å². The van der Waals surface area contributed by atoms with Gasteiger partial charge in [-0.15, -0.1) is 11.3 Å². The molecule has 0 atom stereocenters. The number of benzene rings is 1. The van der Waals surface area contributed by atoms with Crippen LogP contribution in [-0.2, 0) is 22.9 Å². The second-order valence-electron chi connectivity index (χ2n) is 7.82. The Kier molecular flexibility index (Phi) is 8.08. The normalized spacial score (nSPS) is 13.6. The number of amides is 2. The number of fused-ring (bicyclic) bond motifs is 1. The van der Waals surface area contributed by atoms with Crippen molar-refractivity contribution in [3.63, 3.8) is 0 Å². The van der Waals surface area contributed by atoms with Crippen LogP contribution in [0, 0.1) is 0 Å². The van der Waals surface area contributed by atoms with E-state index in [4.69, 9.17) is 0 Å². The summed E-state index contributed by atoms with van der Waals surface area (Å²) in [5, 5.41) is 6.10. The molecule has 0 radical (unpaired) electrons. The van der Waals surface area contributed by atoms with Crippen LogP contribution in [0.15, 0.2) is 29.2 Å². The number of aryl methyl sites for hydroxylation is 1. The number of nitrogens with one attached hydrogen (secondary N) is 2. The minimum Gasteiger partial charge on any atom is -0.355 e. The second kappa shape index (κ2) is 10.6. The Bertz CT molecular complexity index is 1080. The zero-order valence-corrected chi connectivity index (χ0v) is 20.5. The first-order valence-electron chi connectivity index (χ1n) is 11.1. The summed E-state index contributed by atoms with van der Waals surface area (Å²) in [5.41, 5.74) is 1.92. The van der Waals surface area contributed by atoms with Gasteiger partial charge in [-0.3, -0.25) is 9.59 Å². The molecule has 7 nitrogen and oxygen atoms in total. The number of thiophene rings is 1. The molecule has 0 spiro atoms. The summed E-state index contributed by atoms with van der Waals surface area (Å²) in [7, 11) is -2.01. The molecular formula is C23H31N3O4S2. The van der Waals surface area contributed by atoms with E-state index in [1.165, 1.54) is 39.9 Å². The lowest BCUT2D eigenvalue weighted by atomic mass is 9.95. The fourth-order valence-corrected chi connectivity index (χ4v) is 6.67. The zero-order valence-electron chi connectivity index (χ0n) is 18.9. The molecule has 0 bridgehead atoms. The maximum Gasteiger partial charge on any atom is 0.256 e. The number of unbranched alkanes of at least 4 members (excludes halogenated alkanes) is 1. The lowest BCUT2D eigenvalue weighted by Gasteiger charge is -2.20. The van der Waals surface area contributed by atoms with Gasteiger partial charge in [-0.25, -0.2) is 8.42 Å². The van der Waals surface area contributed by atoms with E-state index in [2.05, 4.69) is 10.6 Å². The first kappa shape index (κ1) is 24.4. The molecule has 1 aliphatic carbocycles. The van der Waals surface area contributed by atoms with Gasteiger partial charge < -0.3 is 10.6 Å². The summed E-state index contributed by atoms with van der Waals surface area (Å²) in [6.07, 6.45) is 5.57. The van der Waals surface area contributed by atoms with Crippen LogP contribution in [0.3, 0.4) is 0 Å². The molecule has 2 N–H and O–H groups in total. The Morgan fingerprint density at radius 1 is 1.06 bits per heavy atom. The van der Waals surface area contributed by atoms with Gasteiger partial charge in [-0.05, 0) is 61.9 Å². The van der Waals surface area contributed by atoms with Crippen LogP contribution in [0.4, 0.5) is 5.00 Å². The molecule has 174 valence electrons. The van der Waals surface area contributed by atoms with E-state index in [1.807, 2.05) is 13.8 Å². The van der Waals surface area contributed by atoms with Crippen molar-refractivity contribution < 1.29 is 18.0 Å². The lowest BCUT2D eigenvalue weighted by Crippen LogP contribution is -2.31. The van der Waals surface area contributed by atoms with Gasteiger partial charge in [-0.1, -0.05) is 20.3 Å². The van der Waals surface area contributed by atoms with Gasteiger partial charge in [0.25, 0.3) is 11.8 Å². The highest BCUT2D eigenvalue weighted by Crippen LogP contribution is 2.38. The third-order valence-corrected chi connectivity index (χ3v) is 8.92. The number of carbonyl (C=O) groups is 2. The Morgan fingerprint density at radius 2 is 1.75 bits per heavy atom. The van der Waals surface area contributed by atoms with Crippen LogP contribution >= 0.6 is 11.3 Å². The third kappa shape index (κ3) is 5.05. The highest BCUT2D eigenvalue weighted by molar-refractivity contribution is 7.89. The SMILES string of the molecule is CCCCN(CC)S(=O)(=O)c1ccc(C(=O)Nc2sc3c(c2C(=O)NC)CCCC3)cc1. The van der Waals surface area contributed by atoms with Crippen LogP contribution in [-0.4, -0.2) is 44.7 Å². The highest BCUT2D eigenvalue weighted by atomic mass is 32.2. The van der Waals surface area contributed by atoms with E-state index in [0.717, 1.165) is 49.0 Å². The number of rotatable bonds is 9. The van der Waals surface area contributed by atoms with Crippen molar-refractivity contribution in [1.82, 2.24) is 9.62 Å². The summed E-state index contributed by atoms with van der Waals surface area (Å²) < 4.78 is 27.2. The summed E-state index contributed by atoms with van der Waals surface area (Å²) in [6, 6.07) is 5.97. The Labute approximate surface area is 194 Å². The van der Waals surface area contributed by atoms with E-state index in [9.17, 15) is 18.0 Å². The predicted octanol–water partition coefficient (Wildman–Crippen LogP) is 4.05. The minimum atomic E-state index is -3.60. The first-order chi connectivity index (χ1) is 15.3. The van der Waals surface area contributed by atoms with Crippen LogP contribution < -0.4 is 10.6 Å². The summed E-state index contributed by atoms with van der Waals surface area (Å²) >= 11 is 1.46. The number of hydrogen-bond donors (Lipinski definition) is 2. The summed E-state index contributed by atoms with van der Waals surface area (Å²) in [6.45, 7) is 4.71. The fraction of sp³-hybridized carbons (Fsp3) is 0.478. The molecule has 1 aromatic carbocycles. The molecule has 0 saturated heterocycles. The van der Waals surface area contributed by atoms with Gasteiger partial charge in [-0.2, -0.15) is 4.31 Å². The molecule has 0 fully saturated rings. The molecule has 0 unspecified atom stereocenters. The van der Waals surface area contributed by atoms with E-state index in [0.29, 0.717) is 29.2 Å². The molecule has 32 heavy (non-hydrogen) atoms. The molecule has 2 amide bonds. The number of sulfonamides is 1.